The first-order chi connectivity index (χ1) is 9.97. The molecule has 0 aliphatic carbocycles. The molecule has 1 rings (SSSR count). The molecule has 0 bridgehead atoms. The number of amides is 3. The van der Waals surface area contributed by atoms with Crippen LogP contribution in [0.4, 0.5) is 4.79 Å². The van der Waals surface area contributed by atoms with Crippen LogP contribution in [0.25, 0.3) is 0 Å². The lowest BCUT2D eigenvalue weighted by Gasteiger charge is -2.17. The molecule has 0 radical (unpaired) electrons. The molecule has 6 heteroatoms. The normalized spacial score (nSPS) is 11.6. The predicted molar refractivity (Wildman–Crippen MR) is 81.2 cm³/mol. The molecule has 0 saturated heterocycles. The Morgan fingerprint density at radius 1 is 1.33 bits per heavy atom. The molecule has 0 saturated carbocycles. The van der Waals surface area contributed by atoms with E-state index in [2.05, 4.69) is 16.0 Å². The summed E-state index contributed by atoms with van der Waals surface area (Å²) in [7, 11) is 1.45. The fraction of sp³-hybridized carbons (Fsp3) is 0.467. The molecule has 21 heavy (non-hydrogen) atoms. The van der Waals surface area contributed by atoms with Crippen molar-refractivity contribution in [1.82, 2.24) is 16.0 Å². The number of hydrogen-bond acceptors (Lipinski definition) is 4. The van der Waals surface area contributed by atoms with Crippen LogP contribution in [0.15, 0.2) is 18.2 Å². The zero-order chi connectivity index (χ0) is 15.8. The Morgan fingerprint density at radius 3 is 2.67 bits per heavy atom. The molecule has 1 atom stereocenters. The van der Waals surface area contributed by atoms with Crippen molar-refractivity contribution in [3.63, 3.8) is 0 Å². The van der Waals surface area contributed by atoms with Gasteiger partial charge >= 0.3 is 6.03 Å². The van der Waals surface area contributed by atoms with Crippen LogP contribution in [-0.4, -0.2) is 31.6 Å². The van der Waals surface area contributed by atoms with Crippen molar-refractivity contribution in [3.05, 3.63) is 29.3 Å². The summed E-state index contributed by atoms with van der Waals surface area (Å²) in [6.07, 6.45) is -0.759. The molecule has 0 heterocycles. The fourth-order valence-electron chi connectivity index (χ4n) is 1.74. The van der Waals surface area contributed by atoms with Gasteiger partial charge in [0.2, 0.25) is 0 Å². The minimum absolute atomic E-state index is 0.482. The summed E-state index contributed by atoms with van der Waals surface area (Å²) in [5.41, 5.74) is 2.11. The van der Waals surface area contributed by atoms with E-state index in [4.69, 9.17) is 4.74 Å². The average molecular weight is 293 g/mol. The quantitative estimate of drug-likeness (QED) is 0.739. The number of imide groups is 1. The third-order valence-corrected chi connectivity index (χ3v) is 2.92. The minimum atomic E-state index is -0.759. The van der Waals surface area contributed by atoms with Crippen molar-refractivity contribution in [2.45, 2.75) is 33.4 Å². The summed E-state index contributed by atoms with van der Waals surface area (Å²) >= 11 is 0. The average Bonchev–Trinajstić information content (AvgIpc) is 2.46. The fourth-order valence-corrected chi connectivity index (χ4v) is 1.74. The van der Waals surface area contributed by atoms with E-state index >= 15 is 0 Å². The van der Waals surface area contributed by atoms with Crippen LogP contribution in [0.5, 0.6) is 5.75 Å². The molecule has 3 amide bonds. The number of carbonyl (C=O) groups is 2. The highest BCUT2D eigenvalue weighted by Gasteiger charge is 2.18. The SMILES string of the molecule is CCNCc1cc(C)ccc1OC(C)C(=O)NC(=O)NC. The molecule has 3 N–H and O–H groups in total. The Balaban J connectivity index is 2.76. The summed E-state index contributed by atoms with van der Waals surface area (Å²) in [5, 5.41) is 7.75. The maximum absolute atomic E-state index is 11.8. The number of carbonyl (C=O) groups excluding carboxylic acids is 2. The summed E-state index contributed by atoms with van der Waals surface area (Å²) < 4.78 is 5.67. The van der Waals surface area contributed by atoms with E-state index in [1.165, 1.54) is 7.05 Å². The lowest BCUT2D eigenvalue weighted by molar-refractivity contribution is -0.126. The Bertz CT molecular complexity index is 503. The second-order valence-electron chi connectivity index (χ2n) is 4.72. The van der Waals surface area contributed by atoms with Crippen LogP contribution in [-0.2, 0) is 11.3 Å². The van der Waals surface area contributed by atoms with Crippen molar-refractivity contribution in [2.24, 2.45) is 0 Å². The van der Waals surface area contributed by atoms with Crippen molar-refractivity contribution < 1.29 is 14.3 Å². The van der Waals surface area contributed by atoms with Gasteiger partial charge in [0.1, 0.15) is 5.75 Å². The van der Waals surface area contributed by atoms with Gasteiger partial charge in [-0.3, -0.25) is 10.1 Å². The summed E-state index contributed by atoms with van der Waals surface area (Å²) in [4.78, 5) is 22.9. The van der Waals surface area contributed by atoms with Gasteiger partial charge in [-0.05, 0) is 26.5 Å². The second kappa shape index (κ2) is 8.26. The van der Waals surface area contributed by atoms with E-state index < -0.39 is 18.0 Å². The summed E-state index contributed by atoms with van der Waals surface area (Å²) in [6.45, 7) is 7.14. The van der Waals surface area contributed by atoms with Crippen LogP contribution >= 0.6 is 0 Å². The van der Waals surface area contributed by atoms with Gasteiger partial charge < -0.3 is 15.4 Å². The number of nitrogens with one attached hydrogen (secondary N) is 3. The number of urea groups is 1. The molecule has 1 aromatic carbocycles. The van der Waals surface area contributed by atoms with Crippen LogP contribution in [0.2, 0.25) is 0 Å². The van der Waals surface area contributed by atoms with Gasteiger partial charge in [-0.1, -0.05) is 24.6 Å². The van der Waals surface area contributed by atoms with E-state index in [0.717, 1.165) is 17.7 Å². The van der Waals surface area contributed by atoms with Gasteiger partial charge in [-0.15, -0.1) is 0 Å². The Labute approximate surface area is 125 Å². The zero-order valence-electron chi connectivity index (χ0n) is 12.9. The van der Waals surface area contributed by atoms with Crippen molar-refractivity contribution >= 4 is 11.9 Å². The molecule has 1 aromatic rings. The summed E-state index contributed by atoms with van der Waals surface area (Å²) in [6, 6.07) is 5.23. The smallest absolute Gasteiger partial charge is 0.321 e. The molecule has 0 aromatic heterocycles. The third kappa shape index (κ3) is 5.43. The van der Waals surface area contributed by atoms with Gasteiger partial charge in [0.25, 0.3) is 5.91 Å². The minimum Gasteiger partial charge on any atom is -0.481 e. The molecule has 1 unspecified atom stereocenters. The van der Waals surface area contributed by atoms with E-state index in [0.29, 0.717) is 12.3 Å². The molecule has 0 aliphatic heterocycles. The topological polar surface area (TPSA) is 79.5 Å². The van der Waals surface area contributed by atoms with Gasteiger partial charge in [0, 0.05) is 19.2 Å². The Hall–Kier alpha value is -2.08. The van der Waals surface area contributed by atoms with Crippen LogP contribution in [0.1, 0.15) is 25.0 Å². The Kier molecular flexibility index (Phi) is 6.68. The molecule has 0 fully saturated rings. The standard InChI is InChI=1S/C15H23N3O3/c1-5-17-9-12-8-10(2)6-7-13(12)21-11(3)14(19)18-15(20)16-4/h6-8,11,17H,5,9H2,1-4H3,(H2,16,18,19,20). The lowest BCUT2D eigenvalue weighted by atomic mass is 10.1. The molecular weight excluding hydrogens is 270 g/mol. The lowest BCUT2D eigenvalue weighted by Crippen LogP contribution is -2.44. The van der Waals surface area contributed by atoms with Crippen molar-refractivity contribution in [2.75, 3.05) is 13.6 Å². The van der Waals surface area contributed by atoms with Crippen LogP contribution in [0.3, 0.4) is 0 Å². The summed E-state index contributed by atoms with van der Waals surface area (Å²) in [5.74, 6) is 0.158. The first kappa shape index (κ1) is 17.0. The van der Waals surface area contributed by atoms with Gasteiger partial charge in [-0.2, -0.15) is 0 Å². The zero-order valence-corrected chi connectivity index (χ0v) is 12.9. The molecule has 0 spiro atoms. The van der Waals surface area contributed by atoms with Crippen molar-refractivity contribution in [3.8, 4) is 5.75 Å². The molecule has 6 nitrogen and oxygen atoms in total. The van der Waals surface area contributed by atoms with Crippen LogP contribution in [0, 0.1) is 6.92 Å². The predicted octanol–water partition coefficient (Wildman–Crippen LogP) is 1.33. The van der Waals surface area contributed by atoms with Crippen LogP contribution < -0.4 is 20.7 Å². The number of aryl methyl sites for hydroxylation is 1. The van der Waals surface area contributed by atoms with E-state index in [-0.39, 0.29) is 0 Å². The highest BCUT2D eigenvalue weighted by Crippen LogP contribution is 2.21. The van der Waals surface area contributed by atoms with Gasteiger partial charge in [-0.25, -0.2) is 4.79 Å². The van der Waals surface area contributed by atoms with Gasteiger partial charge in [0.05, 0.1) is 0 Å². The molecule has 116 valence electrons. The highest BCUT2D eigenvalue weighted by molar-refractivity contribution is 5.96. The molecular formula is C15H23N3O3. The maximum Gasteiger partial charge on any atom is 0.321 e. The highest BCUT2D eigenvalue weighted by atomic mass is 16.5. The third-order valence-electron chi connectivity index (χ3n) is 2.92. The number of benzene rings is 1. The van der Waals surface area contributed by atoms with Crippen molar-refractivity contribution in [1.29, 1.82) is 0 Å². The van der Waals surface area contributed by atoms with Gasteiger partial charge in [0.15, 0.2) is 6.10 Å². The Morgan fingerprint density at radius 2 is 2.05 bits per heavy atom. The number of hydrogen-bond donors (Lipinski definition) is 3. The van der Waals surface area contributed by atoms with E-state index in [1.54, 1.807) is 6.92 Å². The number of rotatable bonds is 6. The number of ether oxygens (including phenoxy) is 1. The monoisotopic (exact) mass is 293 g/mol. The maximum atomic E-state index is 11.8. The molecule has 0 aliphatic rings. The first-order valence-electron chi connectivity index (χ1n) is 6.97. The first-order valence-corrected chi connectivity index (χ1v) is 6.97. The largest absolute Gasteiger partial charge is 0.481 e. The van der Waals surface area contributed by atoms with E-state index in [9.17, 15) is 9.59 Å². The van der Waals surface area contributed by atoms with E-state index in [1.807, 2.05) is 32.0 Å². The second-order valence-corrected chi connectivity index (χ2v) is 4.72.